The minimum Gasteiger partial charge on any atom is -0.382 e. The van der Waals surface area contributed by atoms with Crippen molar-refractivity contribution in [1.29, 1.82) is 0 Å². The number of hydrogen-bond acceptors (Lipinski definition) is 2. The van der Waals surface area contributed by atoms with E-state index in [1.807, 2.05) is 6.92 Å². The normalized spacial score (nSPS) is 31.3. The highest BCUT2D eigenvalue weighted by Crippen LogP contribution is 2.33. The Hall–Kier alpha value is -0.630. The zero-order valence-electron chi connectivity index (χ0n) is 9.88. The Balaban J connectivity index is 2.54. The maximum absolute atomic E-state index is 11.9. The Morgan fingerprint density at radius 1 is 1.47 bits per heavy atom. The van der Waals surface area contributed by atoms with Crippen molar-refractivity contribution < 1.29 is 9.90 Å². The largest absolute Gasteiger partial charge is 0.382 e. The van der Waals surface area contributed by atoms with E-state index < -0.39 is 5.60 Å². The average Bonchev–Trinajstić information content (AvgIpc) is 2.22. The molecule has 15 heavy (non-hydrogen) atoms. The molecule has 86 valence electrons. The molecule has 0 aromatic carbocycles. The first kappa shape index (κ1) is 12.4. The van der Waals surface area contributed by atoms with Crippen LogP contribution in [0, 0.1) is 5.92 Å². The fraction of sp³-hybridized carbons (Fsp3) is 0.769. The topological polar surface area (TPSA) is 37.3 Å². The lowest BCUT2D eigenvalue weighted by molar-refractivity contribution is -0.140. The molecule has 1 aliphatic carbocycles. The van der Waals surface area contributed by atoms with Crippen molar-refractivity contribution in [2.45, 2.75) is 58.0 Å². The van der Waals surface area contributed by atoms with E-state index >= 15 is 0 Å². The van der Waals surface area contributed by atoms with Gasteiger partial charge in [0.15, 0.2) is 5.78 Å². The van der Waals surface area contributed by atoms with Gasteiger partial charge in [-0.1, -0.05) is 26.0 Å². The van der Waals surface area contributed by atoms with Gasteiger partial charge in [0.1, 0.15) is 5.60 Å². The standard InChI is InChI=1S/C13H22O2/c1-4-10(2)9-12(14)13(15)7-5-11(3)6-8-13/h11,15H,2,4-9H2,1,3H3. The van der Waals surface area contributed by atoms with E-state index in [1.54, 1.807) is 0 Å². The minimum atomic E-state index is -1.05. The van der Waals surface area contributed by atoms with Crippen LogP contribution >= 0.6 is 0 Å². The summed E-state index contributed by atoms with van der Waals surface area (Å²) in [7, 11) is 0. The smallest absolute Gasteiger partial charge is 0.168 e. The number of hydrogen-bond donors (Lipinski definition) is 1. The summed E-state index contributed by atoms with van der Waals surface area (Å²) >= 11 is 0. The molecule has 2 nitrogen and oxygen atoms in total. The average molecular weight is 210 g/mol. The van der Waals surface area contributed by atoms with E-state index in [9.17, 15) is 9.90 Å². The van der Waals surface area contributed by atoms with Crippen LogP contribution in [-0.4, -0.2) is 16.5 Å². The number of Topliss-reactive ketones (excluding diaryl/α,β-unsaturated/α-hetero) is 1. The van der Waals surface area contributed by atoms with Crippen LogP contribution in [0.4, 0.5) is 0 Å². The van der Waals surface area contributed by atoms with Crippen molar-refractivity contribution in [3.63, 3.8) is 0 Å². The first-order valence-electron chi connectivity index (χ1n) is 5.90. The van der Waals surface area contributed by atoms with Crippen LogP contribution in [0.25, 0.3) is 0 Å². The molecule has 1 rings (SSSR count). The zero-order valence-corrected chi connectivity index (χ0v) is 9.88. The Labute approximate surface area is 92.4 Å². The van der Waals surface area contributed by atoms with E-state index in [1.165, 1.54) is 0 Å². The van der Waals surface area contributed by atoms with Crippen molar-refractivity contribution >= 4 is 5.78 Å². The maximum atomic E-state index is 11.9. The Morgan fingerprint density at radius 3 is 2.47 bits per heavy atom. The molecule has 0 saturated heterocycles. The molecule has 0 radical (unpaired) electrons. The van der Waals surface area contributed by atoms with Gasteiger partial charge in [-0.25, -0.2) is 0 Å². The number of allylic oxidation sites excluding steroid dienone is 1. The van der Waals surface area contributed by atoms with Crippen LogP contribution in [0.1, 0.15) is 52.4 Å². The third-order valence-electron chi connectivity index (χ3n) is 3.53. The molecule has 0 aromatic heterocycles. The van der Waals surface area contributed by atoms with Gasteiger partial charge in [0.05, 0.1) is 0 Å². The quantitative estimate of drug-likeness (QED) is 0.724. The molecule has 0 spiro atoms. The van der Waals surface area contributed by atoms with Gasteiger partial charge < -0.3 is 5.11 Å². The van der Waals surface area contributed by atoms with E-state index in [4.69, 9.17) is 0 Å². The highest BCUT2D eigenvalue weighted by molar-refractivity contribution is 5.88. The van der Waals surface area contributed by atoms with Gasteiger partial charge in [-0.15, -0.1) is 0 Å². The summed E-state index contributed by atoms with van der Waals surface area (Å²) in [5, 5.41) is 10.2. The molecule has 0 unspecified atom stereocenters. The van der Waals surface area contributed by atoms with Crippen molar-refractivity contribution in [3.05, 3.63) is 12.2 Å². The van der Waals surface area contributed by atoms with Crippen LogP contribution in [0.3, 0.4) is 0 Å². The second kappa shape index (κ2) is 4.93. The van der Waals surface area contributed by atoms with E-state index in [2.05, 4.69) is 13.5 Å². The second-order valence-corrected chi connectivity index (χ2v) is 4.92. The Morgan fingerprint density at radius 2 is 2.00 bits per heavy atom. The molecule has 0 atom stereocenters. The van der Waals surface area contributed by atoms with Crippen molar-refractivity contribution in [2.24, 2.45) is 5.92 Å². The lowest BCUT2D eigenvalue weighted by Crippen LogP contribution is -2.41. The molecular weight excluding hydrogens is 188 g/mol. The maximum Gasteiger partial charge on any atom is 0.168 e. The van der Waals surface area contributed by atoms with Crippen LogP contribution in [0.15, 0.2) is 12.2 Å². The summed E-state index contributed by atoms with van der Waals surface area (Å²) in [5.41, 5.74) is -0.128. The number of rotatable bonds is 4. The molecule has 0 heterocycles. The molecule has 1 fully saturated rings. The highest BCUT2D eigenvalue weighted by atomic mass is 16.3. The lowest BCUT2D eigenvalue weighted by atomic mass is 9.76. The first-order chi connectivity index (χ1) is 6.98. The summed E-state index contributed by atoms with van der Waals surface area (Å²) in [5.74, 6) is 0.619. The summed E-state index contributed by atoms with van der Waals surface area (Å²) in [6.07, 6.45) is 4.34. The monoisotopic (exact) mass is 210 g/mol. The minimum absolute atomic E-state index is 0.0266. The molecule has 0 amide bonds. The summed E-state index contributed by atoms with van der Waals surface area (Å²) in [6.45, 7) is 7.99. The predicted octanol–water partition coefficient (Wildman–Crippen LogP) is 2.85. The Bertz CT molecular complexity index is 247. The highest BCUT2D eigenvalue weighted by Gasteiger charge is 2.38. The van der Waals surface area contributed by atoms with E-state index in [0.717, 1.165) is 24.8 Å². The van der Waals surface area contributed by atoms with Crippen molar-refractivity contribution in [3.8, 4) is 0 Å². The fourth-order valence-corrected chi connectivity index (χ4v) is 2.04. The zero-order chi connectivity index (χ0) is 11.5. The van der Waals surface area contributed by atoms with Gasteiger partial charge in [0.2, 0.25) is 0 Å². The van der Waals surface area contributed by atoms with E-state index in [0.29, 0.717) is 25.2 Å². The van der Waals surface area contributed by atoms with Gasteiger partial charge in [0, 0.05) is 6.42 Å². The molecule has 0 aliphatic heterocycles. The molecule has 0 bridgehead atoms. The molecule has 1 N–H and O–H groups in total. The van der Waals surface area contributed by atoms with Gasteiger partial charge in [-0.2, -0.15) is 0 Å². The number of aliphatic hydroxyl groups is 1. The molecule has 1 saturated carbocycles. The number of carbonyl (C=O) groups is 1. The van der Waals surface area contributed by atoms with Crippen LogP contribution in [0.5, 0.6) is 0 Å². The third-order valence-corrected chi connectivity index (χ3v) is 3.53. The summed E-state index contributed by atoms with van der Waals surface area (Å²) in [4.78, 5) is 11.9. The third kappa shape index (κ3) is 3.16. The molecule has 1 aliphatic rings. The summed E-state index contributed by atoms with van der Waals surface area (Å²) < 4.78 is 0. The fourth-order valence-electron chi connectivity index (χ4n) is 2.04. The first-order valence-corrected chi connectivity index (χ1v) is 5.90. The predicted molar refractivity (Wildman–Crippen MR) is 61.6 cm³/mol. The second-order valence-electron chi connectivity index (χ2n) is 4.92. The number of ketones is 1. The van der Waals surface area contributed by atoms with Crippen LogP contribution in [-0.2, 0) is 4.79 Å². The van der Waals surface area contributed by atoms with Crippen molar-refractivity contribution in [1.82, 2.24) is 0 Å². The van der Waals surface area contributed by atoms with Gasteiger partial charge in [-0.05, 0) is 38.0 Å². The Kier molecular flexibility index (Phi) is 4.09. The van der Waals surface area contributed by atoms with Gasteiger partial charge >= 0.3 is 0 Å². The van der Waals surface area contributed by atoms with E-state index in [-0.39, 0.29) is 5.78 Å². The molecular formula is C13H22O2. The lowest BCUT2D eigenvalue weighted by Gasteiger charge is -2.33. The SMILES string of the molecule is C=C(CC)CC(=O)C1(O)CCC(C)CC1. The van der Waals surface area contributed by atoms with Gasteiger partial charge in [0.25, 0.3) is 0 Å². The van der Waals surface area contributed by atoms with Gasteiger partial charge in [-0.3, -0.25) is 4.79 Å². The number of carbonyl (C=O) groups excluding carboxylic acids is 1. The van der Waals surface area contributed by atoms with Crippen LogP contribution in [0.2, 0.25) is 0 Å². The molecule has 2 heteroatoms. The summed E-state index contributed by atoms with van der Waals surface area (Å²) in [6, 6.07) is 0. The van der Waals surface area contributed by atoms with Crippen molar-refractivity contribution in [2.75, 3.05) is 0 Å². The molecule has 0 aromatic rings. The van der Waals surface area contributed by atoms with Crippen LogP contribution < -0.4 is 0 Å².